The molecule has 0 spiro atoms. The maximum Gasteiger partial charge on any atom is 0.224 e. The van der Waals surface area contributed by atoms with Crippen molar-refractivity contribution < 1.29 is 14.0 Å². The lowest BCUT2D eigenvalue weighted by Gasteiger charge is -2.58. The molecule has 4 aliphatic carbocycles. The Balaban J connectivity index is 1.63. The topological polar surface area (TPSA) is 46.2 Å². The zero-order valence-electron chi connectivity index (χ0n) is 18.7. The Labute approximate surface area is 175 Å². The van der Waals surface area contributed by atoms with E-state index in [-0.39, 0.29) is 34.9 Å². The molecule has 162 valence electrons. The van der Waals surface area contributed by atoms with Crippen LogP contribution in [0.15, 0.2) is 11.6 Å². The van der Waals surface area contributed by atoms with Crippen LogP contribution in [0.4, 0.5) is 4.39 Å². The number of fused-ring (bicyclic) bond motifs is 5. The van der Waals surface area contributed by atoms with Gasteiger partial charge in [-0.3, -0.25) is 14.0 Å². The Bertz CT molecular complexity index is 723. The summed E-state index contributed by atoms with van der Waals surface area (Å²) in [5.74, 6) is 1.97. The molecule has 0 aromatic heterocycles. The van der Waals surface area contributed by atoms with Gasteiger partial charge in [-0.25, -0.2) is 0 Å². The fourth-order valence-corrected chi connectivity index (χ4v) is 7.88. The van der Waals surface area contributed by atoms with Crippen LogP contribution < -0.4 is 5.32 Å². The van der Waals surface area contributed by atoms with Crippen molar-refractivity contribution >= 4 is 11.7 Å². The predicted molar refractivity (Wildman–Crippen MR) is 113 cm³/mol. The number of alkyl halides is 1. The van der Waals surface area contributed by atoms with Gasteiger partial charge in [0.05, 0.1) is 6.67 Å². The van der Waals surface area contributed by atoms with Crippen LogP contribution in [0, 0.1) is 34.5 Å². The van der Waals surface area contributed by atoms with Gasteiger partial charge >= 0.3 is 0 Å². The Kier molecular flexibility index (Phi) is 5.23. The van der Waals surface area contributed by atoms with Crippen LogP contribution in [0.3, 0.4) is 0 Å². The first-order chi connectivity index (χ1) is 13.6. The molecule has 0 radical (unpaired) electrons. The summed E-state index contributed by atoms with van der Waals surface area (Å²) in [6.07, 6.45) is 10.2. The van der Waals surface area contributed by atoms with Crippen LogP contribution in [-0.2, 0) is 9.59 Å². The third-order valence-electron chi connectivity index (χ3n) is 9.05. The van der Waals surface area contributed by atoms with Crippen LogP contribution in [-0.4, -0.2) is 23.9 Å². The number of ketones is 1. The zero-order chi connectivity index (χ0) is 21.0. The Hall–Kier alpha value is -1.19. The van der Waals surface area contributed by atoms with E-state index in [2.05, 4.69) is 12.2 Å². The summed E-state index contributed by atoms with van der Waals surface area (Å²) in [4.78, 5) is 25.2. The second-order valence-corrected chi connectivity index (χ2v) is 11.5. The van der Waals surface area contributed by atoms with E-state index in [4.69, 9.17) is 0 Å². The van der Waals surface area contributed by atoms with Crippen LogP contribution in [0.1, 0.15) is 85.5 Å². The molecule has 3 nitrogen and oxygen atoms in total. The smallest absolute Gasteiger partial charge is 0.224 e. The van der Waals surface area contributed by atoms with Crippen molar-refractivity contribution in [3.05, 3.63) is 11.6 Å². The number of amides is 1. The maximum atomic E-state index is 13.8. The van der Waals surface area contributed by atoms with Crippen molar-refractivity contribution in [1.82, 2.24) is 5.32 Å². The van der Waals surface area contributed by atoms with Gasteiger partial charge in [-0.05, 0) is 107 Å². The third kappa shape index (κ3) is 3.39. The van der Waals surface area contributed by atoms with Gasteiger partial charge in [0.25, 0.3) is 0 Å². The molecular formula is C25H38FNO2. The fraction of sp³-hybridized carbons (Fsp3) is 0.840. The molecule has 0 aromatic rings. The Morgan fingerprint density at radius 3 is 2.59 bits per heavy atom. The minimum absolute atomic E-state index is 0.0545. The minimum Gasteiger partial charge on any atom is -0.351 e. The number of halogens is 1. The second kappa shape index (κ2) is 7.20. The first-order valence-electron chi connectivity index (χ1n) is 11.7. The molecule has 6 atom stereocenters. The van der Waals surface area contributed by atoms with Gasteiger partial charge in [0.1, 0.15) is 0 Å². The monoisotopic (exact) mass is 403 g/mol. The van der Waals surface area contributed by atoms with Crippen molar-refractivity contribution in [1.29, 1.82) is 0 Å². The molecular weight excluding hydrogens is 365 g/mol. The van der Waals surface area contributed by atoms with Crippen LogP contribution in [0.5, 0.6) is 0 Å². The quantitative estimate of drug-likeness (QED) is 0.687. The van der Waals surface area contributed by atoms with Crippen molar-refractivity contribution in [2.75, 3.05) is 6.67 Å². The molecule has 4 rings (SSSR count). The molecule has 0 saturated heterocycles. The van der Waals surface area contributed by atoms with Crippen molar-refractivity contribution in [2.24, 2.45) is 34.5 Å². The van der Waals surface area contributed by atoms with Gasteiger partial charge in [0.15, 0.2) is 5.78 Å². The summed E-state index contributed by atoms with van der Waals surface area (Å²) >= 11 is 0. The number of carbonyl (C=O) groups excluding carboxylic acids is 2. The van der Waals surface area contributed by atoms with Gasteiger partial charge < -0.3 is 5.32 Å². The van der Waals surface area contributed by atoms with E-state index in [1.807, 2.05) is 26.8 Å². The zero-order valence-corrected chi connectivity index (χ0v) is 18.7. The highest BCUT2D eigenvalue weighted by atomic mass is 19.1. The largest absolute Gasteiger partial charge is 0.351 e. The van der Waals surface area contributed by atoms with Gasteiger partial charge in [0.2, 0.25) is 5.91 Å². The molecule has 3 saturated carbocycles. The minimum atomic E-state index is -0.329. The van der Waals surface area contributed by atoms with Gasteiger partial charge in [-0.1, -0.05) is 12.5 Å². The maximum absolute atomic E-state index is 13.8. The summed E-state index contributed by atoms with van der Waals surface area (Å²) < 4.78 is 13.8. The number of carbonyl (C=O) groups is 2. The highest BCUT2D eigenvalue weighted by Crippen LogP contribution is 2.67. The summed E-state index contributed by atoms with van der Waals surface area (Å²) in [5, 5.41) is 3.20. The van der Waals surface area contributed by atoms with E-state index in [1.54, 1.807) is 0 Å². The highest BCUT2D eigenvalue weighted by Gasteiger charge is 2.61. The number of nitrogens with one attached hydrogen (secondary N) is 1. The molecule has 1 amide bonds. The molecule has 1 N–H and O–H groups in total. The Morgan fingerprint density at radius 2 is 1.90 bits per heavy atom. The molecule has 29 heavy (non-hydrogen) atoms. The van der Waals surface area contributed by atoms with Crippen molar-refractivity contribution in [3.63, 3.8) is 0 Å². The van der Waals surface area contributed by atoms with E-state index in [0.29, 0.717) is 36.4 Å². The van der Waals surface area contributed by atoms with Crippen molar-refractivity contribution in [2.45, 2.75) is 91.0 Å². The van der Waals surface area contributed by atoms with E-state index in [0.717, 1.165) is 44.9 Å². The summed E-state index contributed by atoms with van der Waals surface area (Å²) in [6.45, 7) is 8.12. The lowest BCUT2D eigenvalue weighted by molar-refractivity contribution is -0.136. The molecule has 1 unspecified atom stereocenters. The molecule has 0 aliphatic heterocycles. The summed E-state index contributed by atoms with van der Waals surface area (Å²) in [7, 11) is 0. The molecule has 0 heterocycles. The van der Waals surface area contributed by atoms with Gasteiger partial charge in [-0.15, -0.1) is 0 Å². The Morgan fingerprint density at radius 1 is 1.14 bits per heavy atom. The van der Waals surface area contributed by atoms with Gasteiger partial charge in [-0.2, -0.15) is 0 Å². The number of rotatable bonds is 3. The summed E-state index contributed by atoms with van der Waals surface area (Å²) in [5.41, 5.74) is 1.07. The van der Waals surface area contributed by atoms with Crippen LogP contribution in [0.25, 0.3) is 0 Å². The lowest BCUT2D eigenvalue weighted by atomic mass is 9.46. The lowest BCUT2D eigenvalue weighted by Crippen LogP contribution is -2.54. The molecule has 0 bridgehead atoms. The van der Waals surface area contributed by atoms with E-state index in [9.17, 15) is 14.0 Å². The molecule has 4 heteroatoms. The van der Waals surface area contributed by atoms with Gasteiger partial charge in [0, 0.05) is 17.9 Å². The van der Waals surface area contributed by atoms with Crippen LogP contribution in [0.2, 0.25) is 0 Å². The third-order valence-corrected chi connectivity index (χ3v) is 9.05. The van der Waals surface area contributed by atoms with E-state index in [1.165, 1.54) is 5.57 Å². The SMILES string of the molecule is CC(C)(C)NC(=O)C1CC[C@H]2[C@@H]3CCC4=CC(=O)CC[C@]4(C)[C@H]3CC[C@]12CCF. The van der Waals surface area contributed by atoms with E-state index < -0.39 is 0 Å². The number of hydrogen-bond donors (Lipinski definition) is 1. The molecule has 3 fully saturated rings. The number of hydrogen-bond acceptors (Lipinski definition) is 2. The first-order valence-corrected chi connectivity index (χ1v) is 11.7. The van der Waals surface area contributed by atoms with Crippen molar-refractivity contribution in [3.8, 4) is 0 Å². The first kappa shape index (κ1) is 21.1. The predicted octanol–water partition coefficient (Wildman–Crippen LogP) is 5.39. The normalized spacial score (nSPS) is 41.8. The highest BCUT2D eigenvalue weighted by molar-refractivity contribution is 5.91. The standard InChI is InChI=1S/C25H38FNO2/c1-23(2,3)27-22(29)21-8-7-20-18-6-5-16-15-17(28)9-11-24(16,4)19(18)10-12-25(20,21)13-14-26/h15,18-21H,5-14H2,1-4H3,(H,27,29)/t18-,19+,20+,21?,24+,25-/m1/s1. The summed E-state index contributed by atoms with van der Waals surface area (Å²) in [6, 6.07) is 0. The molecule has 0 aromatic carbocycles. The average molecular weight is 404 g/mol. The van der Waals surface area contributed by atoms with E-state index >= 15 is 0 Å². The second-order valence-electron chi connectivity index (χ2n) is 11.5. The van der Waals surface area contributed by atoms with Crippen LogP contribution >= 0.6 is 0 Å². The fourth-order valence-electron chi connectivity index (χ4n) is 7.88. The average Bonchev–Trinajstić information content (AvgIpc) is 3.00. The molecule has 4 aliphatic rings. The number of allylic oxidation sites excluding steroid dienone is 1.